The second-order valence-electron chi connectivity index (χ2n) is 7.10. The summed E-state index contributed by atoms with van der Waals surface area (Å²) in [5.41, 5.74) is 1.28. The SMILES string of the molecule is CCc1ccccc1OCC(=O)OCC(=O)Nc1cccc(S(=O)(=O)N2CCCC2)c1. The van der Waals surface area contributed by atoms with Crippen LogP contribution in [0.15, 0.2) is 53.4 Å². The van der Waals surface area contributed by atoms with Gasteiger partial charge in [-0.25, -0.2) is 13.2 Å². The second kappa shape index (κ2) is 10.4. The first-order chi connectivity index (χ1) is 14.9. The maximum absolute atomic E-state index is 12.7. The third-order valence-electron chi connectivity index (χ3n) is 4.88. The summed E-state index contributed by atoms with van der Waals surface area (Å²) < 4.78 is 37.2. The first kappa shape index (κ1) is 22.8. The van der Waals surface area contributed by atoms with Gasteiger partial charge >= 0.3 is 5.97 Å². The summed E-state index contributed by atoms with van der Waals surface area (Å²) in [4.78, 5) is 24.1. The van der Waals surface area contributed by atoms with Crippen molar-refractivity contribution in [1.82, 2.24) is 4.31 Å². The van der Waals surface area contributed by atoms with Crippen molar-refractivity contribution in [2.45, 2.75) is 31.1 Å². The van der Waals surface area contributed by atoms with Crippen LogP contribution in [0.25, 0.3) is 0 Å². The van der Waals surface area contributed by atoms with Crippen LogP contribution in [0.5, 0.6) is 5.75 Å². The minimum absolute atomic E-state index is 0.118. The number of esters is 1. The fraction of sp³-hybridized carbons (Fsp3) is 0.364. The Labute approximate surface area is 182 Å². The van der Waals surface area contributed by atoms with Crippen molar-refractivity contribution in [3.05, 3.63) is 54.1 Å². The normalized spacial score (nSPS) is 14.2. The molecule has 0 bridgehead atoms. The van der Waals surface area contributed by atoms with E-state index in [4.69, 9.17) is 9.47 Å². The van der Waals surface area contributed by atoms with E-state index in [9.17, 15) is 18.0 Å². The molecule has 1 heterocycles. The summed E-state index contributed by atoms with van der Waals surface area (Å²) in [6, 6.07) is 13.4. The van der Waals surface area contributed by atoms with E-state index in [1.807, 2.05) is 25.1 Å². The quantitative estimate of drug-likeness (QED) is 0.594. The van der Waals surface area contributed by atoms with Crippen molar-refractivity contribution in [2.75, 3.05) is 31.6 Å². The molecule has 2 aromatic rings. The number of hydrogen-bond donors (Lipinski definition) is 1. The molecule has 166 valence electrons. The highest BCUT2D eigenvalue weighted by atomic mass is 32.2. The van der Waals surface area contributed by atoms with E-state index in [-0.39, 0.29) is 11.5 Å². The fourth-order valence-electron chi connectivity index (χ4n) is 3.27. The smallest absolute Gasteiger partial charge is 0.344 e. The summed E-state index contributed by atoms with van der Waals surface area (Å²) in [7, 11) is -3.58. The predicted octanol–water partition coefficient (Wildman–Crippen LogP) is 2.59. The monoisotopic (exact) mass is 446 g/mol. The number of hydrogen-bond acceptors (Lipinski definition) is 6. The molecule has 8 nitrogen and oxygen atoms in total. The Morgan fingerprint density at radius 3 is 2.52 bits per heavy atom. The van der Waals surface area contributed by atoms with Crippen molar-refractivity contribution in [3.63, 3.8) is 0 Å². The number of nitrogens with one attached hydrogen (secondary N) is 1. The number of carbonyl (C=O) groups excluding carboxylic acids is 2. The number of benzene rings is 2. The summed E-state index contributed by atoms with van der Waals surface area (Å²) in [6.45, 7) is 2.17. The van der Waals surface area contributed by atoms with Gasteiger partial charge in [0.1, 0.15) is 5.75 Å². The highest BCUT2D eigenvalue weighted by molar-refractivity contribution is 7.89. The van der Waals surface area contributed by atoms with E-state index < -0.39 is 28.5 Å². The minimum atomic E-state index is -3.58. The summed E-state index contributed by atoms with van der Waals surface area (Å²) in [5, 5.41) is 2.55. The molecule has 0 unspecified atom stereocenters. The number of nitrogens with zero attached hydrogens (tertiary/aromatic N) is 1. The van der Waals surface area contributed by atoms with Crippen LogP contribution in [0.2, 0.25) is 0 Å². The Kier molecular flexibility index (Phi) is 7.64. The van der Waals surface area contributed by atoms with Crippen molar-refractivity contribution in [2.24, 2.45) is 0 Å². The molecule has 0 radical (unpaired) electrons. The molecule has 9 heteroatoms. The lowest BCUT2D eigenvalue weighted by molar-refractivity contribution is -0.149. The third kappa shape index (κ3) is 6.05. The molecule has 1 N–H and O–H groups in total. The number of anilines is 1. The zero-order valence-electron chi connectivity index (χ0n) is 17.4. The summed E-state index contributed by atoms with van der Waals surface area (Å²) in [5.74, 6) is -0.646. The molecule has 1 saturated heterocycles. The lowest BCUT2D eigenvalue weighted by Gasteiger charge is -2.16. The highest BCUT2D eigenvalue weighted by Gasteiger charge is 2.27. The lowest BCUT2D eigenvalue weighted by Crippen LogP contribution is -2.28. The van der Waals surface area contributed by atoms with Crippen LogP contribution in [-0.4, -0.2) is 50.9 Å². The standard InChI is InChI=1S/C22H26N2O6S/c1-2-17-8-3-4-11-20(17)29-16-22(26)30-15-21(25)23-18-9-7-10-19(14-18)31(27,28)24-12-5-6-13-24/h3-4,7-11,14H,2,5-6,12-13,15-16H2,1H3,(H,23,25). The summed E-state index contributed by atoms with van der Waals surface area (Å²) >= 11 is 0. The fourth-order valence-corrected chi connectivity index (χ4v) is 4.83. The van der Waals surface area contributed by atoms with E-state index in [0.717, 1.165) is 24.8 Å². The maximum Gasteiger partial charge on any atom is 0.344 e. The van der Waals surface area contributed by atoms with Gasteiger partial charge in [-0.1, -0.05) is 31.2 Å². The number of carbonyl (C=O) groups is 2. The van der Waals surface area contributed by atoms with E-state index in [2.05, 4.69) is 5.32 Å². The zero-order valence-corrected chi connectivity index (χ0v) is 18.2. The highest BCUT2D eigenvalue weighted by Crippen LogP contribution is 2.23. The lowest BCUT2D eigenvalue weighted by atomic mass is 10.1. The third-order valence-corrected chi connectivity index (χ3v) is 6.78. The molecular weight excluding hydrogens is 420 g/mol. The van der Waals surface area contributed by atoms with Gasteiger partial charge in [-0.3, -0.25) is 4.79 Å². The molecule has 1 aliphatic heterocycles. The Bertz CT molecular complexity index is 1030. The van der Waals surface area contributed by atoms with E-state index in [0.29, 0.717) is 24.5 Å². The molecule has 1 aliphatic rings. The molecule has 0 saturated carbocycles. The first-order valence-corrected chi connectivity index (χ1v) is 11.6. The second-order valence-corrected chi connectivity index (χ2v) is 9.04. The Balaban J connectivity index is 1.50. The van der Waals surface area contributed by atoms with E-state index in [1.54, 1.807) is 18.2 Å². The molecule has 1 fully saturated rings. The van der Waals surface area contributed by atoms with Crippen LogP contribution in [0.1, 0.15) is 25.3 Å². The first-order valence-electron chi connectivity index (χ1n) is 10.2. The molecular formula is C22H26N2O6S. The van der Waals surface area contributed by atoms with Crippen LogP contribution in [0, 0.1) is 0 Å². The Hall–Kier alpha value is -2.91. The largest absolute Gasteiger partial charge is 0.482 e. The number of rotatable bonds is 9. The van der Waals surface area contributed by atoms with Gasteiger partial charge in [0.2, 0.25) is 10.0 Å². The molecule has 0 atom stereocenters. The van der Waals surface area contributed by atoms with Crippen LogP contribution in [0.4, 0.5) is 5.69 Å². The molecule has 0 spiro atoms. The van der Waals surface area contributed by atoms with Gasteiger partial charge in [0.05, 0.1) is 4.90 Å². The average molecular weight is 447 g/mol. The van der Waals surface area contributed by atoms with Gasteiger partial charge in [-0.2, -0.15) is 4.31 Å². The van der Waals surface area contributed by atoms with Gasteiger partial charge in [0.15, 0.2) is 13.2 Å². The van der Waals surface area contributed by atoms with Crippen molar-refractivity contribution >= 4 is 27.6 Å². The van der Waals surface area contributed by atoms with Crippen molar-refractivity contribution in [1.29, 1.82) is 0 Å². The number of sulfonamides is 1. The van der Waals surface area contributed by atoms with Gasteiger partial charge in [0, 0.05) is 18.8 Å². The van der Waals surface area contributed by atoms with Crippen LogP contribution < -0.4 is 10.1 Å². The van der Waals surface area contributed by atoms with Gasteiger partial charge < -0.3 is 14.8 Å². The van der Waals surface area contributed by atoms with E-state index in [1.165, 1.54) is 16.4 Å². The molecule has 3 rings (SSSR count). The van der Waals surface area contributed by atoms with Gasteiger partial charge in [-0.05, 0) is 49.1 Å². The van der Waals surface area contributed by atoms with Gasteiger partial charge in [-0.15, -0.1) is 0 Å². The van der Waals surface area contributed by atoms with Crippen molar-refractivity contribution in [3.8, 4) is 5.75 Å². The number of para-hydroxylation sites is 1. The predicted molar refractivity (Wildman–Crippen MR) is 115 cm³/mol. The Morgan fingerprint density at radius 1 is 1.03 bits per heavy atom. The molecule has 0 aromatic heterocycles. The maximum atomic E-state index is 12.7. The number of ether oxygens (including phenoxy) is 2. The molecule has 31 heavy (non-hydrogen) atoms. The average Bonchev–Trinajstić information content (AvgIpc) is 3.32. The molecule has 1 amide bonds. The summed E-state index contributed by atoms with van der Waals surface area (Å²) in [6.07, 6.45) is 2.45. The van der Waals surface area contributed by atoms with Gasteiger partial charge in [0.25, 0.3) is 5.91 Å². The van der Waals surface area contributed by atoms with Crippen LogP contribution in [-0.2, 0) is 30.8 Å². The van der Waals surface area contributed by atoms with Crippen molar-refractivity contribution < 1.29 is 27.5 Å². The minimum Gasteiger partial charge on any atom is -0.482 e. The molecule has 0 aliphatic carbocycles. The topological polar surface area (TPSA) is 102 Å². The van der Waals surface area contributed by atoms with Crippen LogP contribution >= 0.6 is 0 Å². The Morgan fingerprint density at radius 2 is 1.77 bits per heavy atom. The number of aryl methyl sites for hydroxylation is 1. The van der Waals surface area contributed by atoms with E-state index >= 15 is 0 Å². The molecule has 2 aromatic carbocycles. The number of amides is 1. The van der Waals surface area contributed by atoms with Crippen LogP contribution in [0.3, 0.4) is 0 Å². The zero-order chi connectivity index (χ0) is 22.3.